The van der Waals surface area contributed by atoms with Crippen molar-refractivity contribution in [2.45, 2.75) is 25.7 Å². The van der Waals surface area contributed by atoms with Gasteiger partial charge in [-0.05, 0) is 161 Å². The molecule has 516 valence electrons. The number of benzene rings is 14. The molecule has 16 rings (SSSR count). The number of rotatable bonds is 12. The van der Waals surface area contributed by atoms with Gasteiger partial charge in [0.15, 0.2) is 0 Å². The summed E-state index contributed by atoms with van der Waals surface area (Å²) in [5, 5.41) is 17.4. The molecule has 0 aliphatic heterocycles. The molecule has 2 aliphatic rings. The number of fused-ring (bicyclic) bond motifs is 6. The van der Waals surface area contributed by atoms with Crippen molar-refractivity contribution in [2.24, 2.45) is 0 Å². The molecule has 104 heavy (non-hydrogen) atoms. The summed E-state index contributed by atoms with van der Waals surface area (Å²) in [6.07, 6.45) is 29.7. The van der Waals surface area contributed by atoms with Crippen LogP contribution in [0.1, 0.15) is 58.4 Å². The Bertz CT molecular complexity index is 4610. The van der Waals surface area contributed by atoms with E-state index in [1.165, 1.54) is 108 Å². The number of hydrogen-bond donors (Lipinski definition) is 0. The summed E-state index contributed by atoms with van der Waals surface area (Å²) < 4.78 is 0. The summed E-state index contributed by atoms with van der Waals surface area (Å²) in [6.45, 7) is 4.36. The van der Waals surface area contributed by atoms with Crippen LogP contribution in [0.4, 0.5) is 0 Å². The maximum Gasteiger partial charge on any atom is 1.00 e. The van der Waals surface area contributed by atoms with E-state index in [0.717, 1.165) is 28.7 Å². The van der Waals surface area contributed by atoms with Crippen LogP contribution >= 0.6 is 31.7 Å². The zero-order valence-corrected chi connectivity index (χ0v) is 69.7. The first-order valence-electron chi connectivity index (χ1n) is 33.6. The van der Waals surface area contributed by atoms with E-state index >= 15 is 0 Å². The molecule has 0 heterocycles. The van der Waals surface area contributed by atoms with Crippen LogP contribution in [0.25, 0.3) is 22.3 Å². The minimum Gasteiger partial charge on any atom is -0.366 e. The first kappa shape index (κ1) is 80.1. The molecule has 0 N–H and O–H groups in total. The summed E-state index contributed by atoms with van der Waals surface area (Å²) in [6, 6.07) is 131. The molecular formula is C96H72Au4P4+4. The molecule has 8 heteroatoms. The van der Waals surface area contributed by atoms with Crippen LogP contribution in [0.15, 0.2) is 364 Å². The summed E-state index contributed by atoms with van der Waals surface area (Å²) in [5.74, 6) is 9.73. The summed E-state index contributed by atoms with van der Waals surface area (Å²) in [5.41, 5.74) is 13.0. The molecule has 0 atom stereocenters. The molecule has 0 spiro atoms. The minimum absolute atomic E-state index is 0. The van der Waals surface area contributed by atoms with E-state index in [0.29, 0.717) is 0 Å². The van der Waals surface area contributed by atoms with Gasteiger partial charge in [0.1, 0.15) is 95.3 Å². The molecule has 0 radical (unpaired) electrons. The van der Waals surface area contributed by atoms with E-state index in [1.807, 2.05) is 60.7 Å². The maximum atomic E-state index is 7.28. The van der Waals surface area contributed by atoms with E-state index in [9.17, 15) is 0 Å². The Morgan fingerprint density at radius 2 is 0.413 bits per heavy atom. The average Bonchev–Trinajstić information content (AvgIpc) is 1.55. The SMILES string of the molecule is [Au+].[Au+].[Au+].[Au+].[C-]#Cc1ccc2c(c1)C(C)(C)c1cc(C#[C-])ccc1-2.[C-]#Cc1ccc2c(c1)Cc1cc(C#[C-])ccc1-2.c1ccc([PH+](c2ccccc2)c2ccccc2[PH+](c2ccccc2)c2ccccc2)cc1.c1ccc([PH+](c2ccccc2)c2ccccc2[PH+](c2ccccc2)c2ccccc2)cc1. The third kappa shape index (κ3) is 18.4. The van der Waals surface area contributed by atoms with Gasteiger partial charge in [-0.25, -0.2) is 0 Å². The van der Waals surface area contributed by atoms with Gasteiger partial charge >= 0.3 is 89.5 Å². The molecule has 0 fully saturated rings. The van der Waals surface area contributed by atoms with Gasteiger partial charge in [-0.1, -0.05) is 219 Å². The summed E-state index contributed by atoms with van der Waals surface area (Å²) >= 11 is 0. The predicted octanol–water partition coefficient (Wildman–Crippen LogP) is 16.3. The molecule has 0 amide bonds. The van der Waals surface area contributed by atoms with E-state index in [4.69, 9.17) is 25.7 Å². The molecule has 0 saturated carbocycles. The third-order valence-electron chi connectivity index (χ3n) is 18.6. The van der Waals surface area contributed by atoms with Crippen molar-refractivity contribution in [3.8, 4) is 45.9 Å². The Balaban J connectivity index is 0.000000164. The van der Waals surface area contributed by atoms with Gasteiger partial charge in [-0.2, -0.15) is 0 Å². The van der Waals surface area contributed by atoms with Crippen molar-refractivity contribution in [3.63, 3.8) is 0 Å². The van der Waals surface area contributed by atoms with Crippen molar-refractivity contribution in [1.29, 1.82) is 0 Å². The molecule has 0 nitrogen and oxygen atoms in total. The third-order valence-corrected chi connectivity index (χ3v) is 30.3. The van der Waals surface area contributed by atoms with Crippen molar-refractivity contribution in [1.82, 2.24) is 0 Å². The van der Waals surface area contributed by atoms with Crippen molar-refractivity contribution < 1.29 is 89.5 Å². The number of hydrogen-bond acceptors (Lipinski definition) is 0. The van der Waals surface area contributed by atoms with Gasteiger partial charge in [-0.3, -0.25) is 23.7 Å². The fourth-order valence-corrected chi connectivity index (χ4v) is 25.8. The van der Waals surface area contributed by atoms with E-state index in [2.05, 4.69) is 341 Å². The van der Waals surface area contributed by atoms with Gasteiger partial charge in [0.05, 0.1) is 0 Å². The monoisotopic (exact) mass is 2140 g/mol. The zero-order chi connectivity index (χ0) is 68.6. The summed E-state index contributed by atoms with van der Waals surface area (Å²) in [4.78, 5) is 0. The van der Waals surface area contributed by atoms with Crippen LogP contribution in [0.3, 0.4) is 0 Å². The van der Waals surface area contributed by atoms with Crippen LogP contribution in [0.2, 0.25) is 0 Å². The Labute approximate surface area is 683 Å². The van der Waals surface area contributed by atoms with Crippen LogP contribution in [-0.4, -0.2) is 0 Å². The van der Waals surface area contributed by atoms with Crippen LogP contribution in [0.5, 0.6) is 0 Å². The average molecular weight is 2140 g/mol. The predicted molar refractivity (Wildman–Crippen MR) is 437 cm³/mol. The maximum absolute atomic E-state index is 7.28. The fraction of sp³-hybridized carbons (Fsp3) is 0.0417. The van der Waals surface area contributed by atoms with Crippen LogP contribution < -0.4 is 63.7 Å². The van der Waals surface area contributed by atoms with Crippen molar-refractivity contribution in [2.75, 3.05) is 0 Å². The van der Waals surface area contributed by atoms with Crippen molar-refractivity contribution >= 4 is 95.3 Å². The molecule has 0 bridgehead atoms. The topological polar surface area (TPSA) is 0 Å². The standard InChI is InChI=1S/2C30H24P2.C19H12.C17H8.4Au/c2*1-5-15-25(16-6-1)31(26-17-7-2-8-18-26)29-23-13-14-24-30(29)32(27-19-9-3-10-20-27)28-21-11-4-12-22-28;1-5-13-7-9-15-16-10-8-14(6-2)12-18(16)19(3,4)17(15)11-13;1-3-12-5-7-16-14(9-12)11-15-10-13(4-2)6-8-17(15)16;;;;/h2*1-24H;7-12H,3-4H3;5-10H,11H2;;;;/q;;2*-2;4*+1/p+4. The molecule has 14 aromatic rings. The Kier molecular flexibility index (Phi) is 29.9. The van der Waals surface area contributed by atoms with Crippen molar-refractivity contribution in [3.05, 3.63) is 434 Å². The molecule has 2 aliphatic carbocycles. The largest absolute Gasteiger partial charge is 1.00 e. The zero-order valence-electron chi connectivity index (χ0n) is 57.1. The second-order valence-corrected chi connectivity index (χ2v) is 34.9. The molecule has 14 aromatic carbocycles. The Morgan fingerprint density at radius 3 is 0.615 bits per heavy atom. The van der Waals surface area contributed by atoms with Crippen LogP contribution in [0, 0.1) is 49.4 Å². The van der Waals surface area contributed by atoms with E-state index in [1.54, 1.807) is 0 Å². The first-order chi connectivity index (χ1) is 49.2. The quantitative estimate of drug-likeness (QED) is 0.0495. The summed E-state index contributed by atoms with van der Waals surface area (Å²) in [7, 11) is -4.56. The smallest absolute Gasteiger partial charge is 0.366 e. The normalized spacial score (nSPS) is 11.2. The molecule has 0 unspecified atom stereocenters. The Morgan fingerprint density at radius 1 is 0.231 bits per heavy atom. The van der Waals surface area contributed by atoms with Gasteiger partial charge in [-0.15, -0.1) is 70.8 Å². The van der Waals surface area contributed by atoms with Gasteiger partial charge < -0.3 is 25.7 Å². The van der Waals surface area contributed by atoms with Crippen LogP contribution in [-0.2, 0) is 101 Å². The van der Waals surface area contributed by atoms with Gasteiger partial charge in [0, 0.05) is 5.41 Å². The van der Waals surface area contributed by atoms with E-state index in [-0.39, 0.29) is 94.9 Å². The van der Waals surface area contributed by atoms with E-state index < -0.39 is 31.7 Å². The fourth-order valence-electron chi connectivity index (χ4n) is 13.8. The molecule has 0 aromatic heterocycles. The minimum atomic E-state index is -1.14. The molecule has 0 saturated heterocycles. The first-order valence-corrected chi connectivity index (χ1v) is 39.6. The second kappa shape index (κ2) is 38.8. The van der Waals surface area contributed by atoms with Gasteiger partial charge in [0.2, 0.25) is 0 Å². The molecular weight excluding hydrogens is 2060 g/mol. The van der Waals surface area contributed by atoms with Gasteiger partial charge in [0.25, 0.3) is 0 Å². The Hall–Kier alpha value is -8.00. The second-order valence-electron chi connectivity index (χ2n) is 25.1.